The molecule has 1 aromatic carbocycles. The topological polar surface area (TPSA) is 100 Å². The smallest absolute Gasteiger partial charge is 0.414 e. The Morgan fingerprint density at radius 3 is 2.89 bits per heavy atom. The first-order valence-electron chi connectivity index (χ1n) is 9.01. The van der Waals surface area contributed by atoms with Crippen LogP contribution in [-0.4, -0.2) is 40.7 Å². The summed E-state index contributed by atoms with van der Waals surface area (Å²) >= 11 is 0. The highest BCUT2D eigenvalue weighted by atomic mass is 16.6. The SMILES string of the molecule is CC(=O)NCC1COC(=O)N1c1ccc(C2=CCn3c(cnc3C#N)C2)cc1. The van der Waals surface area contributed by atoms with Crippen LogP contribution in [0.25, 0.3) is 5.57 Å². The van der Waals surface area contributed by atoms with Gasteiger partial charge in [-0.2, -0.15) is 5.26 Å². The number of nitrogens with one attached hydrogen (secondary N) is 1. The van der Waals surface area contributed by atoms with Crippen molar-refractivity contribution in [2.75, 3.05) is 18.1 Å². The lowest BCUT2D eigenvalue weighted by Crippen LogP contribution is -2.42. The maximum atomic E-state index is 12.1. The fourth-order valence-corrected chi connectivity index (χ4v) is 3.56. The van der Waals surface area contributed by atoms with Gasteiger partial charge in [-0.1, -0.05) is 18.2 Å². The van der Waals surface area contributed by atoms with Crippen LogP contribution in [-0.2, 0) is 22.5 Å². The highest BCUT2D eigenvalue weighted by Gasteiger charge is 2.34. The van der Waals surface area contributed by atoms with E-state index in [1.54, 1.807) is 11.1 Å². The van der Waals surface area contributed by atoms with Crippen molar-refractivity contribution >= 4 is 23.3 Å². The van der Waals surface area contributed by atoms with Crippen molar-refractivity contribution in [3.8, 4) is 6.07 Å². The molecule has 2 aliphatic rings. The molecular formula is C20H19N5O3. The van der Waals surface area contributed by atoms with Crippen LogP contribution in [0.4, 0.5) is 10.5 Å². The second kappa shape index (κ2) is 7.19. The van der Waals surface area contributed by atoms with E-state index >= 15 is 0 Å². The first kappa shape index (κ1) is 17.8. The molecule has 3 heterocycles. The monoisotopic (exact) mass is 377 g/mol. The fourth-order valence-electron chi connectivity index (χ4n) is 3.56. The number of hydrogen-bond acceptors (Lipinski definition) is 5. The molecule has 0 saturated carbocycles. The molecule has 8 heteroatoms. The molecule has 8 nitrogen and oxygen atoms in total. The number of fused-ring (bicyclic) bond motifs is 1. The largest absolute Gasteiger partial charge is 0.447 e. The minimum Gasteiger partial charge on any atom is -0.447 e. The van der Waals surface area contributed by atoms with Crippen LogP contribution >= 0.6 is 0 Å². The Kier molecular flexibility index (Phi) is 4.57. The number of hydrogen-bond donors (Lipinski definition) is 1. The number of nitriles is 1. The van der Waals surface area contributed by atoms with Crippen molar-refractivity contribution in [3.63, 3.8) is 0 Å². The molecule has 2 aliphatic heterocycles. The van der Waals surface area contributed by atoms with Gasteiger partial charge in [0, 0.05) is 44.0 Å². The Morgan fingerprint density at radius 1 is 1.39 bits per heavy atom. The zero-order valence-corrected chi connectivity index (χ0v) is 15.4. The van der Waals surface area contributed by atoms with Crippen LogP contribution in [0.1, 0.15) is 24.0 Å². The first-order chi connectivity index (χ1) is 13.6. The van der Waals surface area contributed by atoms with Gasteiger partial charge in [0.15, 0.2) is 0 Å². The molecule has 2 amide bonds. The van der Waals surface area contributed by atoms with E-state index in [0.717, 1.165) is 22.5 Å². The zero-order valence-electron chi connectivity index (χ0n) is 15.4. The summed E-state index contributed by atoms with van der Waals surface area (Å²) in [6.07, 6.45) is 4.12. The molecule has 4 rings (SSSR count). The van der Waals surface area contributed by atoms with Crippen molar-refractivity contribution in [2.45, 2.75) is 25.9 Å². The Balaban J connectivity index is 1.51. The molecule has 0 radical (unpaired) electrons. The molecule has 1 aromatic heterocycles. The number of nitrogens with zero attached hydrogens (tertiary/aromatic N) is 4. The second-order valence-electron chi connectivity index (χ2n) is 6.79. The van der Waals surface area contributed by atoms with Gasteiger partial charge in [-0.3, -0.25) is 9.69 Å². The highest BCUT2D eigenvalue weighted by Crippen LogP contribution is 2.28. The average molecular weight is 377 g/mol. The number of rotatable bonds is 4. The van der Waals surface area contributed by atoms with E-state index in [1.807, 2.05) is 28.8 Å². The van der Waals surface area contributed by atoms with Gasteiger partial charge in [0.1, 0.15) is 12.7 Å². The number of carbonyl (C=O) groups is 2. The van der Waals surface area contributed by atoms with E-state index in [1.165, 1.54) is 6.92 Å². The van der Waals surface area contributed by atoms with Gasteiger partial charge in [-0.25, -0.2) is 9.78 Å². The minimum atomic E-state index is -0.409. The number of ether oxygens (including phenoxy) is 1. The quantitative estimate of drug-likeness (QED) is 0.876. The number of cyclic esters (lactones) is 1. The molecule has 1 atom stereocenters. The number of amides is 2. The fraction of sp³-hybridized carbons (Fsp3) is 0.300. The standard InChI is InChI=1S/C20H19N5O3/c1-13(26)22-11-18-12-28-20(27)25(18)16-4-2-14(3-5-16)15-6-7-24-17(8-15)10-23-19(24)9-21/h2-6,10,18H,7-8,11-12H2,1H3,(H,22,26). The van der Waals surface area contributed by atoms with Crippen LogP contribution in [0.2, 0.25) is 0 Å². The molecular weight excluding hydrogens is 358 g/mol. The summed E-state index contributed by atoms with van der Waals surface area (Å²) in [5, 5.41) is 11.8. The van der Waals surface area contributed by atoms with E-state index in [2.05, 4.69) is 22.4 Å². The van der Waals surface area contributed by atoms with E-state index in [4.69, 9.17) is 10.00 Å². The number of allylic oxidation sites excluding steroid dienone is 2. The predicted molar refractivity (Wildman–Crippen MR) is 101 cm³/mol. The Labute approximate surface area is 162 Å². The molecule has 0 bridgehead atoms. The maximum Gasteiger partial charge on any atom is 0.414 e. The molecule has 0 aliphatic carbocycles. The van der Waals surface area contributed by atoms with Crippen molar-refractivity contribution < 1.29 is 14.3 Å². The summed E-state index contributed by atoms with van der Waals surface area (Å²) in [5.74, 6) is 0.288. The van der Waals surface area contributed by atoms with Crippen LogP contribution in [0.5, 0.6) is 0 Å². The molecule has 0 spiro atoms. The molecule has 28 heavy (non-hydrogen) atoms. The third-order valence-electron chi connectivity index (χ3n) is 4.99. The van der Waals surface area contributed by atoms with Crippen LogP contribution in [0.3, 0.4) is 0 Å². The van der Waals surface area contributed by atoms with Gasteiger partial charge >= 0.3 is 6.09 Å². The first-order valence-corrected chi connectivity index (χ1v) is 9.01. The van der Waals surface area contributed by atoms with E-state index in [0.29, 0.717) is 25.3 Å². The molecule has 1 unspecified atom stereocenters. The van der Waals surface area contributed by atoms with Gasteiger partial charge in [0.05, 0.1) is 6.04 Å². The molecule has 142 valence electrons. The van der Waals surface area contributed by atoms with Gasteiger partial charge < -0.3 is 14.6 Å². The van der Waals surface area contributed by atoms with E-state index in [9.17, 15) is 9.59 Å². The predicted octanol–water partition coefficient (Wildman–Crippen LogP) is 1.86. The third kappa shape index (κ3) is 3.22. The van der Waals surface area contributed by atoms with Crippen LogP contribution in [0.15, 0.2) is 36.5 Å². The summed E-state index contributed by atoms with van der Waals surface area (Å²) in [5.41, 5.74) is 3.95. The summed E-state index contributed by atoms with van der Waals surface area (Å²) in [6, 6.07) is 9.59. The zero-order chi connectivity index (χ0) is 19.7. The Hall–Kier alpha value is -3.60. The summed E-state index contributed by atoms with van der Waals surface area (Å²) in [4.78, 5) is 29.0. The summed E-state index contributed by atoms with van der Waals surface area (Å²) in [6.45, 7) is 2.66. The summed E-state index contributed by atoms with van der Waals surface area (Å²) in [7, 11) is 0. The number of aromatic nitrogens is 2. The maximum absolute atomic E-state index is 12.1. The van der Waals surface area contributed by atoms with Crippen molar-refractivity contribution in [2.24, 2.45) is 0 Å². The Morgan fingerprint density at radius 2 is 2.18 bits per heavy atom. The van der Waals surface area contributed by atoms with Crippen molar-refractivity contribution in [1.82, 2.24) is 14.9 Å². The third-order valence-corrected chi connectivity index (χ3v) is 4.99. The highest BCUT2D eigenvalue weighted by molar-refractivity contribution is 5.90. The van der Waals surface area contributed by atoms with Gasteiger partial charge in [-0.15, -0.1) is 0 Å². The number of benzene rings is 1. The minimum absolute atomic E-state index is 0.141. The average Bonchev–Trinajstić information content (AvgIpc) is 3.29. The van der Waals surface area contributed by atoms with Crippen LogP contribution < -0.4 is 10.2 Å². The molecule has 1 N–H and O–H groups in total. The number of anilines is 1. The molecule has 1 saturated heterocycles. The number of imidazole rings is 1. The van der Waals surface area contributed by atoms with Crippen molar-refractivity contribution in [1.29, 1.82) is 5.26 Å². The van der Waals surface area contributed by atoms with E-state index in [-0.39, 0.29) is 18.6 Å². The molecule has 1 fully saturated rings. The van der Waals surface area contributed by atoms with Gasteiger partial charge in [-0.05, 0) is 23.3 Å². The van der Waals surface area contributed by atoms with Gasteiger partial charge in [0.2, 0.25) is 11.7 Å². The Bertz CT molecular complexity index is 1000. The van der Waals surface area contributed by atoms with E-state index < -0.39 is 6.09 Å². The lowest BCUT2D eigenvalue weighted by atomic mass is 9.98. The second-order valence-corrected chi connectivity index (χ2v) is 6.79. The van der Waals surface area contributed by atoms with Crippen LogP contribution in [0, 0.1) is 11.3 Å². The summed E-state index contributed by atoms with van der Waals surface area (Å²) < 4.78 is 7.06. The lowest BCUT2D eigenvalue weighted by molar-refractivity contribution is -0.119. The normalized spacial score (nSPS) is 18.1. The number of carbonyl (C=O) groups excluding carboxylic acids is 2. The molecule has 2 aromatic rings. The van der Waals surface area contributed by atoms with Crippen molar-refractivity contribution in [3.05, 3.63) is 53.6 Å². The van der Waals surface area contributed by atoms with Gasteiger partial charge in [0.25, 0.3) is 0 Å². The lowest BCUT2D eigenvalue weighted by Gasteiger charge is -2.22.